The monoisotopic (exact) mass is 702 g/mol. The first-order chi connectivity index (χ1) is 19.6. The molecule has 0 radical (unpaired) electrons. The molecule has 10 nitrogen and oxygen atoms in total. The van der Waals surface area contributed by atoms with Crippen LogP contribution in [0.15, 0.2) is 77.7 Å². The van der Waals surface area contributed by atoms with Gasteiger partial charge in [-0.1, -0.05) is 31.9 Å². The summed E-state index contributed by atoms with van der Waals surface area (Å²) in [5.74, 6) is -1.26. The summed E-state index contributed by atoms with van der Waals surface area (Å²) in [5.41, 5.74) is -0.560. The highest BCUT2D eigenvalue weighted by Crippen LogP contribution is 2.27. The first-order valence-electron chi connectivity index (χ1n) is 13.5. The molecule has 1 aliphatic rings. The normalized spacial score (nSPS) is 19.0. The van der Waals surface area contributed by atoms with Crippen LogP contribution in [0.25, 0.3) is 0 Å². The smallest absolute Gasteiger partial charge is 0.362 e. The molecule has 0 saturated carbocycles. The summed E-state index contributed by atoms with van der Waals surface area (Å²) in [6, 6.07) is 14.4. The summed E-state index contributed by atoms with van der Waals surface area (Å²) in [6.07, 6.45) is 0. The predicted molar refractivity (Wildman–Crippen MR) is 176 cm³/mol. The largest absolute Gasteiger partial charge is 0.461 e. The molecule has 0 fully saturated rings. The molecular weight excluding hydrogens is 668 g/mol. The zero-order valence-corrected chi connectivity index (χ0v) is 28.3. The number of anilines is 2. The van der Waals surface area contributed by atoms with Crippen molar-refractivity contribution in [2.24, 2.45) is 20.2 Å². The molecule has 0 bridgehead atoms. The van der Waals surface area contributed by atoms with Crippen LogP contribution >= 0.6 is 31.9 Å². The van der Waals surface area contributed by atoms with Crippen molar-refractivity contribution >= 4 is 78.3 Å². The third kappa shape index (κ3) is 8.81. The lowest BCUT2D eigenvalue weighted by molar-refractivity contribution is -0.135. The first-order valence-corrected chi connectivity index (χ1v) is 15.1. The fraction of sp³-hybridized carbons (Fsp3) is 0.400. The number of hydrazone groups is 2. The van der Waals surface area contributed by atoms with Gasteiger partial charge in [0.2, 0.25) is 11.4 Å². The number of aliphatic imine (C=N–C) groups is 2. The van der Waals surface area contributed by atoms with Crippen molar-refractivity contribution in [3.8, 4) is 0 Å². The number of ether oxygens (including phenoxy) is 2. The number of halogens is 2. The standard InChI is InChI=1S/C30H36Br2N6O4/c1-9-41-27(39)23-25(33-29(3,4)5)37(21-15-11-19(31)12-16-21)36-24(28(40)42-10-2)26(34-30(6,7)8)38(35-23)22-17-13-20(32)14-18-22/h11-18H,9-10H2,1-8H3/b33-25?,34-26?,35-23+,36-24+. The van der Waals surface area contributed by atoms with E-state index < -0.39 is 23.0 Å². The fourth-order valence-electron chi connectivity index (χ4n) is 3.61. The Hall–Kier alpha value is -3.38. The Bertz CT molecular complexity index is 1310. The van der Waals surface area contributed by atoms with Crippen LogP contribution in [0.1, 0.15) is 55.4 Å². The Morgan fingerprint density at radius 1 is 0.667 bits per heavy atom. The Morgan fingerprint density at radius 2 is 0.976 bits per heavy atom. The maximum absolute atomic E-state index is 13.6. The van der Waals surface area contributed by atoms with Crippen molar-refractivity contribution in [1.29, 1.82) is 0 Å². The quantitative estimate of drug-likeness (QED) is 0.307. The molecule has 224 valence electrons. The van der Waals surface area contributed by atoms with Crippen molar-refractivity contribution in [3.05, 3.63) is 57.5 Å². The van der Waals surface area contributed by atoms with Crippen molar-refractivity contribution in [2.45, 2.75) is 66.5 Å². The summed E-state index contributed by atoms with van der Waals surface area (Å²) < 4.78 is 12.6. The van der Waals surface area contributed by atoms with Gasteiger partial charge in [0, 0.05) is 8.95 Å². The van der Waals surface area contributed by atoms with Crippen molar-refractivity contribution in [3.63, 3.8) is 0 Å². The maximum Gasteiger partial charge on any atom is 0.362 e. The van der Waals surface area contributed by atoms with Gasteiger partial charge < -0.3 is 9.47 Å². The minimum absolute atomic E-state index is 0.0852. The van der Waals surface area contributed by atoms with Crippen molar-refractivity contribution < 1.29 is 19.1 Å². The van der Waals surface area contributed by atoms with Gasteiger partial charge in [0.05, 0.1) is 35.7 Å². The molecule has 42 heavy (non-hydrogen) atoms. The second-order valence-corrected chi connectivity index (χ2v) is 13.0. The Kier molecular flexibility index (Phi) is 10.8. The predicted octanol–water partition coefficient (Wildman–Crippen LogP) is 6.77. The molecule has 2 aromatic rings. The molecule has 0 atom stereocenters. The maximum atomic E-state index is 13.6. The minimum Gasteiger partial charge on any atom is -0.461 e. The van der Waals surface area contributed by atoms with Crippen molar-refractivity contribution in [1.82, 2.24) is 0 Å². The number of carbonyl (C=O) groups is 2. The Labute approximate surface area is 263 Å². The highest BCUT2D eigenvalue weighted by Gasteiger charge is 2.37. The molecule has 0 aromatic heterocycles. The van der Waals surface area contributed by atoms with Gasteiger partial charge in [0.25, 0.3) is 0 Å². The zero-order valence-electron chi connectivity index (χ0n) is 25.1. The molecule has 3 rings (SSSR count). The fourth-order valence-corrected chi connectivity index (χ4v) is 4.14. The highest BCUT2D eigenvalue weighted by atomic mass is 79.9. The Balaban J connectivity index is 2.56. The van der Waals surface area contributed by atoms with Crippen LogP contribution in [0.3, 0.4) is 0 Å². The average Bonchev–Trinajstić information content (AvgIpc) is 2.88. The second kappa shape index (κ2) is 13.7. The van der Waals surface area contributed by atoms with E-state index in [9.17, 15) is 9.59 Å². The minimum atomic E-state index is -0.713. The lowest BCUT2D eigenvalue weighted by atomic mass is 10.1. The van der Waals surface area contributed by atoms with Crippen LogP contribution in [0.5, 0.6) is 0 Å². The van der Waals surface area contributed by atoms with Crippen LogP contribution in [0.4, 0.5) is 11.4 Å². The number of esters is 2. The van der Waals surface area contributed by atoms with E-state index in [1.807, 2.05) is 65.8 Å². The second-order valence-electron chi connectivity index (χ2n) is 11.1. The van der Waals surface area contributed by atoms with Gasteiger partial charge in [0.15, 0.2) is 11.7 Å². The van der Waals surface area contributed by atoms with Gasteiger partial charge >= 0.3 is 11.9 Å². The molecule has 0 spiro atoms. The molecule has 1 aliphatic heterocycles. The van der Waals surface area contributed by atoms with Gasteiger partial charge in [0.1, 0.15) is 0 Å². The number of rotatable bonds is 6. The van der Waals surface area contributed by atoms with Crippen molar-refractivity contribution in [2.75, 3.05) is 23.2 Å². The summed E-state index contributed by atoms with van der Waals surface area (Å²) in [4.78, 5) is 37.1. The molecular formula is C30H36Br2N6O4. The van der Waals surface area contributed by atoms with Crippen LogP contribution in [-0.4, -0.2) is 59.3 Å². The summed E-state index contributed by atoms with van der Waals surface area (Å²) in [6.45, 7) is 15.0. The molecule has 0 N–H and O–H groups in total. The topological polar surface area (TPSA) is 109 Å². The van der Waals surface area contributed by atoms with Crippen LogP contribution in [-0.2, 0) is 19.1 Å². The number of hydrogen-bond acceptors (Lipinski definition) is 8. The number of nitrogens with zero attached hydrogens (tertiary/aromatic N) is 6. The number of benzene rings is 2. The van der Waals surface area contributed by atoms with Gasteiger partial charge in [-0.15, -0.1) is 0 Å². The van der Waals surface area contributed by atoms with E-state index in [4.69, 9.17) is 29.7 Å². The number of hydrogen-bond donors (Lipinski definition) is 0. The summed E-state index contributed by atoms with van der Waals surface area (Å²) >= 11 is 6.94. The van der Waals surface area contributed by atoms with Crippen LogP contribution in [0, 0.1) is 0 Å². The van der Waals surface area contributed by atoms with E-state index in [0.717, 1.165) is 8.95 Å². The third-order valence-corrected chi connectivity index (χ3v) is 6.24. The van der Waals surface area contributed by atoms with E-state index in [0.29, 0.717) is 11.4 Å². The lowest BCUT2D eigenvalue weighted by Crippen LogP contribution is -2.49. The molecule has 0 unspecified atom stereocenters. The summed E-state index contributed by atoms with van der Waals surface area (Å²) in [5, 5.41) is 12.5. The van der Waals surface area contributed by atoms with Gasteiger partial charge in [-0.2, -0.15) is 10.2 Å². The van der Waals surface area contributed by atoms with Crippen LogP contribution in [0.2, 0.25) is 0 Å². The third-order valence-electron chi connectivity index (χ3n) is 5.19. The molecule has 0 amide bonds. The molecule has 12 heteroatoms. The molecule has 1 heterocycles. The molecule has 2 aromatic carbocycles. The van der Waals surface area contributed by atoms with E-state index in [-0.39, 0.29) is 36.3 Å². The Morgan fingerprint density at radius 3 is 1.24 bits per heavy atom. The van der Waals surface area contributed by atoms with Crippen LogP contribution < -0.4 is 10.0 Å². The molecule has 0 aliphatic carbocycles. The van der Waals surface area contributed by atoms with Gasteiger partial charge in [-0.3, -0.25) is 9.98 Å². The zero-order chi connectivity index (χ0) is 31.2. The average molecular weight is 704 g/mol. The number of carbonyl (C=O) groups excluding carboxylic acids is 2. The lowest BCUT2D eigenvalue weighted by Gasteiger charge is -2.31. The molecule has 0 saturated heterocycles. The first kappa shape index (κ1) is 33.1. The summed E-state index contributed by atoms with van der Waals surface area (Å²) in [7, 11) is 0. The SMILES string of the molecule is CCOC(=O)/C1=N/N(c2ccc(Br)cc2)C(=NC(C)(C)C)/C(C(=O)OCC)=N\N(c2ccc(Br)cc2)C1=NC(C)(C)C. The number of amidine groups is 2. The van der Waals surface area contributed by atoms with E-state index in [2.05, 4.69) is 31.9 Å². The highest BCUT2D eigenvalue weighted by molar-refractivity contribution is 9.10. The van der Waals surface area contributed by atoms with E-state index >= 15 is 0 Å². The van der Waals surface area contributed by atoms with Gasteiger partial charge in [-0.05, 0) is 104 Å². The van der Waals surface area contributed by atoms with E-state index in [1.54, 1.807) is 38.1 Å². The van der Waals surface area contributed by atoms with Gasteiger partial charge in [-0.25, -0.2) is 19.6 Å². The van der Waals surface area contributed by atoms with E-state index in [1.165, 1.54) is 10.0 Å².